The Morgan fingerprint density at radius 2 is 1.50 bits per heavy atom. The van der Waals surface area contributed by atoms with Gasteiger partial charge in [-0.05, 0) is 87.0 Å². The van der Waals surface area contributed by atoms with E-state index in [2.05, 4.69) is 50.0 Å². The van der Waals surface area contributed by atoms with Crippen molar-refractivity contribution < 1.29 is 4.74 Å². The van der Waals surface area contributed by atoms with Crippen LogP contribution in [-0.2, 0) is 0 Å². The number of hydrogen-bond acceptors (Lipinski definition) is 1. The molecule has 2 aliphatic carbocycles. The van der Waals surface area contributed by atoms with E-state index in [4.69, 9.17) is 4.74 Å². The van der Waals surface area contributed by atoms with Crippen LogP contribution in [0.5, 0.6) is 5.75 Å². The van der Waals surface area contributed by atoms with Gasteiger partial charge < -0.3 is 4.74 Å². The van der Waals surface area contributed by atoms with Gasteiger partial charge in [-0.3, -0.25) is 0 Å². The summed E-state index contributed by atoms with van der Waals surface area (Å²) in [5, 5.41) is 0. The number of rotatable bonds is 5. The number of unbranched alkanes of at least 4 members (excludes halogenated alkanes) is 1. The summed E-state index contributed by atoms with van der Waals surface area (Å²) in [6.07, 6.45) is 13.6. The van der Waals surface area contributed by atoms with Gasteiger partial charge in [-0.1, -0.05) is 45.0 Å². The van der Waals surface area contributed by atoms with Crippen LogP contribution in [0.3, 0.4) is 0 Å². The molecule has 0 atom stereocenters. The summed E-state index contributed by atoms with van der Waals surface area (Å²) >= 11 is 0. The zero-order valence-corrected chi connectivity index (χ0v) is 16.8. The predicted molar refractivity (Wildman–Crippen MR) is 110 cm³/mol. The first kappa shape index (κ1) is 19.3. The summed E-state index contributed by atoms with van der Waals surface area (Å²) in [6, 6.07) is 8.31. The molecule has 2 saturated carbocycles. The summed E-state index contributed by atoms with van der Waals surface area (Å²) in [6.45, 7) is 5.42. The van der Waals surface area contributed by atoms with Crippen LogP contribution in [-0.4, -0.2) is 6.61 Å². The van der Waals surface area contributed by atoms with Crippen LogP contribution in [0.1, 0.15) is 83.6 Å². The fraction of sp³-hybridized carbons (Fsp3) is 0.680. The van der Waals surface area contributed by atoms with E-state index in [0.717, 1.165) is 42.1 Å². The summed E-state index contributed by atoms with van der Waals surface area (Å²) in [5.74, 6) is 11.5. The maximum atomic E-state index is 5.72. The van der Waals surface area contributed by atoms with E-state index in [0.29, 0.717) is 5.92 Å². The van der Waals surface area contributed by atoms with Crippen LogP contribution < -0.4 is 4.74 Å². The summed E-state index contributed by atoms with van der Waals surface area (Å²) in [5.41, 5.74) is 1.12. The first-order valence-corrected chi connectivity index (χ1v) is 11.0. The quantitative estimate of drug-likeness (QED) is 0.416. The first-order valence-electron chi connectivity index (χ1n) is 11.0. The Morgan fingerprint density at radius 3 is 2.12 bits per heavy atom. The third-order valence-corrected chi connectivity index (χ3v) is 6.54. The lowest BCUT2D eigenvalue weighted by molar-refractivity contribution is 0.162. The second-order valence-electron chi connectivity index (χ2n) is 8.63. The molecule has 0 spiro atoms. The Morgan fingerprint density at radius 1 is 0.885 bits per heavy atom. The molecule has 0 radical (unpaired) electrons. The van der Waals surface area contributed by atoms with Gasteiger partial charge in [0, 0.05) is 11.5 Å². The third kappa shape index (κ3) is 5.80. The smallest absolute Gasteiger partial charge is 0.119 e. The lowest BCUT2D eigenvalue weighted by Crippen LogP contribution is -2.24. The predicted octanol–water partition coefficient (Wildman–Crippen LogP) is 6.85. The molecule has 1 heteroatoms. The van der Waals surface area contributed by atoms with Gasteiger partial charge >= 0.3 is 0 Å². The van der Waals surface area contributed by atoms with Crippen molar-refractivity contribution >= 4 is 0 Å². The summed E-state index contributed by atoms with van der Waals surface area (Å²) < 4.78 is 5.72. The van der Waals surface area contributed by atoms with Crippen LogP contribution in [0, 0.1) is 35.5 Å². The lowest BCUT2D eigenvalue weighted by atomic mass is 9.69. The number of benzene rings is 1. The van der Waals surface area contributed by atoms with Crippen molar-refractivity contribution in [2.75, 3.05) is 6.61 Å². The molecule has 2 fully saturated rings. The minimum atomic E-state index is 0.606. The van der Waals surface area contributed by atoms with Crippen LogP contribution in [0.4, 0.5) is 0 Å². The maximum absolute atomic E-state index is 5.72. The Kier molecular flexibility index (Phi) is 7.48. The van der Waals surface area contributed by atoms with Crippen LogP contribution in [0.2, 0.25) is 0 Å². The van der Waals surface area contributed by atoms with Crippen LogP contribution in [0.25, 0.3) is 0 Å². The molecule has 26 heavy (non-hydrogen) atoms. The highest BCUT2D eigenvalue weighted by atomic mass is 16.5. The summed E-state index contributed by atoms with van der Waals surface area (Å²) in [7, 11) is 0. The third-order valence-electron chi connectivity index (χ3n) is 6.54. The van der Waals surface area contributed by atoms with Crippen molar-refractivity contribution in [1.29, 1.82) is 0 Å². The van der Waals surface area contributed by atoms with E-state index in [1.807, 2.05) is 0 Å². The van der Waals surface area contributed by atoms with Crippen molar-refractivity contribution in [2.24, 2.45) is 23.7 Å². The first-order chi connectivity index (χ1) is 12.7. The van der Waals surface area contributed by atoms with Crippen LogP contribution in [0.15, 0.2) is 24.3 Å². The fourth-order valence-electron chi connectivity index (χ4n) is 4.65. The van der Waals surface area contributed by atoms with Gasteiger partial charge in [0.1, 0.15) is 5.75 Å². The Balaban J connectivity index is 1.43. The molecule has 1 aromatic rings. The molecule has 0 aliphatic heterocycles. The molecule has 0 unspecified atom stereocenters. The SMILES string of the molecule is CCCCOc1ccc(C#CC2CCC([C@H]3CC[C@H](C)CC3)CC2)cc1. The number of hydrogen-bond donors (Lipinski definition) is 0. The standard InChI is InChI=1S/C25H36O/c1-3-4-19-26-25-17-11-22(12-18-25)8-7-21-9-15-24(16-10-21)23-13-5-20(2)6-14-23/h11-12,17-18,20-21,23-24H,3-6,9-10,13-16,19H2,1-2H3/t20-,21?,23-,24?. The van der Waals surface area contributed by atoms with E-state index >= 15 is 0 Å². The molecule has 2 aliphatic rings. The van der Waals surface area contributed by atoms with Crippen molar-refractivity contribution in [3.8, 4) is 17.6 Å². The molecule has 0 N–H and O–H groups in total. The second kappa shape index (κ2) is 10.1. The molecule has 0 amide bonds. The van der Waals surface area contributed by atoms with E-state index < -0.39 is 0 Å². The summed E-state index contributed by atoms with van der Waals surface area (Å²) in [4.78, 5) is 0. The van der Waals surface area contributed by atoms with Gasteiger partial charge in [0.25, 0.3) is 0 Å². The zero-order chi connectivity index (χ0) is 18.2. The van der Waals surface area contributed by atoms with Gasteiger partial charge in [-0.15, -0.1) is 0 Å². The van der Waals surface area contributed by atoms with Gasteiger partial charge in [-0.25, -0.2) is 0 Å². The van der Waals surface area contributed by atoms with Gasteiger partial charge in [-0.2, -0.15) is 0 Å². The average molecular weight is 353 g/mol. The van der Waals surface area contributed by atoms with E-state index in [1.165, 1.54) is 57.8 Å². The topological polar surface area (TPSA) is 9.23 Å². The Labute approximate surface area is 160 Å². The molecule has 1 nitrogen and oxygen atoms in total. The normalized spacial score (nSPS) is 28.8. The molecule has 1 aromatic carbocycles. The zero-order valence-electron chi connectivity index (χ0n) is 16.8. The minimum Gasteiger partial charge on any atom is -0.494 e. The molecule has 0 aromatic heterocycles. The Bertz CT molecular complexity index is 575. The molecule has 0 saturated heterocycles. The highest BCUT2D eigenvalue weighted by Gasteiger charge is 2.29. The molecule has 3 rings (SSSR count). The van der Waals surface area contributed by atoms with Crippen molar-refractivity contribution in [3.63, 3.8) is 0 Å². The number of ether oxygens (including phenoxy) is 1. The maximum Gasteiger partial charge on any atom is 0.119 e. The minimum absolute atomic E-state index is 0.606. The van der Waals surface area contributed by atoms with Crippen molar-refractivity contribution in [3.05, 3.63) is 29.8 Å². The highest BCUT2D eigenvalue weighted by Crippen LogP contribution is 2.41. The molecular weight excluding hydrogens is 316 g/mol. The average Bonchev–Trinajstić information content (AvgIpc) is 2.69. The largest absolute Gasteiger partial charge is 0.494 e. The monoisotopic (exact) mass is 352 g/mol. The molecule has 142 valence electrons. The fourth-order valence-corrected chi connectivity index (χ4v) is 4.65. The van der Waals surface area contributed by atoms with E-state index in [-0.39, 0.29) is 0 Å². The van der Waals surface area contributed by atoms with Crippen LogP contribution >= 0.6 is 0 Å². The molecule has 0 heterocycles. The van der Waals surface area contributed by atoms with Crippen molar-refractivity contribution in [1.82, 2.24) is 0 Å². The van der Waals surface area contributed by atoms with Crippen molar-refractivity contribution in [2.45, 2.75) is 78.1 Å². The van der Waals surface area contributed by atoms with E-state index in [1.54, 1.807) is 0 Å². The van der Waals surface area contributed by atoms with Gasteiger partial charge in [0.05, 0.1) is 6.61 Å². The molecular formula is C25H36O. The van der Waals surface area contributed by atoms with Gasteiger partial charge in [0.15, 0.2) is 0 Å². The second-order valence-corrected chi connectivity index (χ2v) is 8.63. The van der Waals surface area contributed by atoms with E-state index in [9.17, 15) is 0 Å². The highest BCUT2D eigenvalue weighted by molar-refractivity contribution is 5.38. The Hall–Kier alpha value is -1.42. The lowest BCUT2D eigenvalue weighted by Gasteiger charge is -2.36. The van der Waals surface area contributed by atoms with Gasteiger partial charge in [0.2, 0.25) is 0 Å². The molecule has 0 bridgehead atoms.